The van der Waals surface area contributed by atoms with Crippen LogP contribution >= 0.6 is 11.3 Å². The molecule has 0 aromatic carbocycles. The summed E-state index contributed by atoms with van der Waals surface area (Å²) in [5.41, 5.74) is 0.250. The predicted octanol–water partition coefficient (Wildman–Crippen LogP) is 1.87. The maximum atomic E-state index is 12.2. The van der Waals surface area contributed by atoms with E-state index in [4.69, 9.17) is 9.84 Å². The summed E-state index contributed by atoms with van der Waals surface area (Å²) in [6.45, 7) is 3.50. The van der Waals surface area contributed by atoms with Crippen LogP contribution in [0.3, 0.4) is 0 Å². The molecule has 1 aliphatic heterocycles. The average molecular weight is 297 g/mol. The van der Waals surface area contributed by atoms with E-state index in [2.05, 4.69) is 6.92 Å². The number of rotatable bonds is 4. The number of carboxylic acid groups (broad SMARTS) is 1. The monoisotopic (exact) mass is 297 g/mol. The molecule has 0 radical (unpaired) electrons. The van der Waals surface area contributed by atoms with E-state index >= 15 is 0 Å². The quantitative estimate of drug-likeness (QED) is 0.921. The van der Waals surface area contributed by atoms with Crippen molar-refractivity contribution in [1.29, 1.82) is 0 Å². The zero-order chi connectivity index (χ0) is 14.7. The third-order valence-corrected chi connectivity index (χ3v) is 4.71. The Morgan fingerprint density at radius 2 is 2.30 bits per heavy atom. The van der Waals surface area contributed by atoms with Gasteiger partial charge in [-0.05, 0) is 18.4 Å². The van der Waals surface area contributed by atoms with Gasteiger partial charge >= 0.3 is 5.97 Å². The standard InChI is InChI=1S/C14H19NO4S/c1-9-3-4-15(7-12(9)19-2)13(16)6-11-5-10(8-20-11)14(17)18/h5,8-9,12H,3-4,6-7H2,1-2H3,(H,17,18)/t9-,12-/m1/s1. The molecular weight excluding hydrogens is 278 g/mol. The maximum absolute atomic E-state index is 12.2. The second kappa shape index (κ2) is 6.37. The molecule has 0 bridgehead atoms. The number of piperidine rings is 1. The van der Waals surface area contributed by atoms with Gasteiger partial charge in [0.25, 0.3) is 0 Å². The first kappa shape index (κ1) is 15.0. The molecule has 1 N–H and O–H groups in total. The largest absolute Gasteiger partial charge is 0.478 e. The van der Waals surface area contributed by atoms with Crippen molar-refractivity contribution in [3.63, 3.8) is 0 Å². The Labute approximate surface area is 122 Å². The van der Waals surface area contributed by atoms with Gasteiger partial charge in [-0.25, -0.2) is 4.79 Å². The van der Waals surface area contributed by atoms with Crippen LogP contribution in [0, 0.1) is 5.92 Å². The Bertz CT molecular complexity index is 499. The second-order valence-corrected chi connectivity index (χ2v) is 6.16. The number of nitrogens with zero attached hydrogens (tertiary/aromatic N) is 1. The number of hydrogen-bond acceptors (Lipinski definition) is 4. The topological polar surface area (TPSA) is 66.8 Å². The first-order valence-electron chi connectivity index (χ1n) is 6.62. The highest BCUT2D eigenvalue weighted by atomic mass is 32.1. The fourth-order valence-corrected chi connectivity index (χ4v) is 3.26. The van der Waals surface area contributed by atoms with Crippen LogP contribution in [0.5, 0.6) is 0 Å². The minimum Gasteiger partial charge on any atom is -0.478 e. The van der Waals surface area contributed by atoms with Gasteiger partial charge in [-0.2, -0.15) is 0 Å². The summed E-state index contributed by atoms with van der Waals surface area (Å²) < 4.78 is 5.40. The lowest BCUT2D eigenvalue weighted by Gasteiger charge is -2.36. The Balaban J connectivity index is 1.95. The number of thiophene rings is 1. The molecule has 1 aromatic heterocycles. The van der Waals surface area contributed by atoms with Crippen molar-refractivity contribution in [2.45, 2.75) is 25.9 Å². The summed E-state index contributed by atoms with van der Waals surface area (Å²) in [5.74, 6) is -0.451. The summed E-state index contributed by atoms with van der Waals surface area (Å²) in [4.78, 5) is 25.7. The minimum absolute atomic E-state index is 0.0396. The van der Waals surface area contributed by atoms with E-state index in [1.165, 1.54) is 11.3 Å². The van der Waals surface area contributed by atoms with E-state index in [1.54, 1.807) is 18.6 Å². The smallest absolute Gasteiger partial charge is 0.336 e. The molecule has 6 heteroatoms. The lowest BCUT2D eigenvalue weighted by atomic mass is 9.95. The fraction of sp³-hybridized carbons (Fsp3) is 0.571. The number of methoxy groups -OCH3 is 1. The number of ether oxygens (including phenoxy) is 1. The molecule has 1 saturated heterocycles. The van der Waals surface area contributed by atoms with Crippen molar-refractivity contribution in [3.05, 3.63) is 21.9 Å². The van der Waals surface area contributed by atoms with Crippen LogP contribution in [0.15, 0.2) is 11.4 Å². The predicted molar refractivity (Wildman–Crippen MR) is 76.1 cm³/mol. The van der Waals surface area contributed by atoms with Gasteiger partial charge < -0.3 is 14.7 Å². The van der Waals surface area contributed by atoms with Crippen LogP contribution in [-0.2, 0) is 16.0 Å². The Hall–Kier alpha value is -1.40. The summed E-state index contributed by atoms with van der Waals surface area (Å²) in [6, 6.07) is 1.57. The number of carboxylic acids is 1. The average Bonchev–Trinajstić information content (AvgIpc) is 2.88. The van der Waals surface area contributed by atoms with Crippen LogP contribution in [-0.4, -0.2) is 48.2 Å². The fourth-order valence-electron chi connectivity index (χ4n) is 2.41. The number of carbonyl (C=O) groups is 2. The zero-order valence-electron chi connectivity index (χ0n) is 11.7. The molecule has 1 aromatic rings. The van der Waals surface area contributed by atoms with E-state index in [9.17, 15) is 9.59 Å². The van der Waals surface area contributed by atoms with Crippen molar-refractivity contribution < 1.29 is 19.4 Å². The summed E-state index contributed by atoms with van der Waals surface area (Å²) >= 11 is 1.32. The van der Waals surface area contributed by atoms with E-state index in [-0.39, 0.29) is 24.0 Å². The molecule has 2 heterocycles. The van der Waals surface area contributed by atoms with Gasteiger partial charge in [0, 0.05) is 30.5 Å². The molecule has 0 spiro atoms. The normalized spacial score (nSPS) is 22.8. The first-order chi connectivity index (χ1) is 9.51. The van der Waals surface area contributed by atoms with Gasteiger partial charge in [-0.3, -0.25) is 4.79 Å². The van der Waals surface area contributed by atoms with Crippen LogP contribution < -0.4 is 0 Å². The van der Waals surface area contributed by atoms with Crippen molar-refractivity contribution in [2.24, 2.45) is 5.92 Å². The van der Waals surface area contributed by atoms with Crippen LogP contribution in [0.1, 0.15) is 28.6 Å². The molecule has 2 atom stereocenters. The van der Waals surface area contributed by atoms with Crippen molar-refractivity contribution >= 4 is 23.2 Å². The summed E-state index contributed by atoms with van der Waals surface area (Å²) in [6.07, 6.45) is 1.29. The molecule has 0 unspecified atom stereocenters. The minimum atomic E-state index is -0.953. The van der Waals surface area contributed by atoms with Gasteiger partial charge in [-0.1, -0.05) is 6.92 Å². The number of likely N-dealkylation sites (tertiary alicyclic amines) is 1. The lowest BCUT2D eigenvalue weighted by Crippen LogP contribution is -2.47. The van der Waals surface area contributed by atoms with E-state index < -0.39 is 5.97 Å². The molecule has 1 fully saturated rings. The van der Waals surface area contributed by atoms with Gasteiger partial charge in [0.1, 0.15) is 0 Å². The number of amides is 1. The third-order valence-electron chi connectivity index (χ3n) is 3.77. The van der Waals surface area contributed by atoms with Gasteiger partial charge in [0.15, 0.2) is 0 Å². The highest BCUT2D eigenvalue weighted by Crippen LogP contribution is 2.21. The maximum Gasteiger partial charge on any atom is 0.336 e. The van der Waals surface area contributed by atoms with Crippen molar-refractivity contribution in [1.82, 2.24) is 4.90 Å². The second-order valence-electron chi connectivity index (χ2n) is 5.16. The summed E-state index contributed by atoms with van der Waals surface area (Å²) in [7, 11) is 1.67. The first-order valence-corrected chi connectivity index (χ1v) is 7.50. The van der Waals surface area contributed by atoms with Gasteiger partial charge in [0.2, 0.25) is 5.91 Å². The molecule has 0 aliphatic carbocycles. The van der Waals surface area contributed by atoms with Gasteiger partial charge in [-0.15, -0.1) is 11.3 Å². The van der Waals surface area contributed by atoms with Crippen molar-refractivity contribution in [3.8, 4) is 0 Å². The molecule has 0 saturated carbocycles. The van der Waals surface area contributed by atoms with E-state index in [0.29, 0.717) is 12.5 Å². The van der Waals surface area contributed by atoms with Crippen LogP contribution in [0.25, 0.3) is 0 Å². The van der Waals surface area contributed by atoms with Crippen molar-refractivity contribution in [2.75, 3.05) is 20.2 Å². The zero-order valence-corrected chi connectivity index (χ0v) is 12.5. The highest BCUT2D eigenvalue weighted by Gasteiger charge is 2.28. The van der Waals surface area contributed by atoms with Crippen LogP contribution in [0.2, 0.25) is 0 Å². The Morgan fingerprint density at radius 3 is 2.90 bits per heavy atom. The molecular formula is C14H19NO4S. The number of carbonyl (C=O) groups excluding carboxylic acids is 1. The van der Waals surface area contributed by atoms with Gasteiger partial charge in [0.05, 0.1) is 18.1 Å². The Morgan fingerprint density at radius 1 is 1.55 bits per heavy atom. The Kier molecular flexibility index (Phi) is 4.77. The third kappa shape index (κ3) is 3.37. The SMILES string of the molecule is CO[C@@H]1CN(C(=O)Cc2cc(C(=O)O)cs2)CC[C@H]1C. The lowest BCUT2D eigenvalue weighted by molar-refractivity contribution is -0.135. The molecule has 1 aliphatic rings. The summed E-state index contributed by atoms with van der Waals surface area (Å²) in [5, 5.41) is 10.4. The molecule has 110 valence electrons. The molecule has 20 heavy (non-hydrogen) atoms. The van der Waals surface area contributed by atoms with E-state index in [0.717, 1.165) is 17.8 Å². The molecule has 5 nitrogen and oxygen atoms in total. The highest BCUT2D eigenvalue weighted by molar-refractivity contribution is 7.10. The van der Waals surface area contributed by atoms with Crippen LogP contribution in [0.4, 0.5) is 0 Å². The number of aromatic carboxylic acids is 1. The number of hydrogen-bond donors (Lipinski definition) is 1. The van der Waals surface area contributed by atoms with E-state index in [1.807, 2.05) is 4.90 Å². The molecule has 2 rings (SSSR count). The molecule has 1 amide bonds.